The molecule has 2 aromatic carbocycles. The van der Waals surface area contributed by atoms with Gasteiger partial charge in [-0.15, -0.1) is 0 Å². The summed E-state index contributed by atoms with van der Waals surface area (Å²) in [5.74, 6) is 0.630. The van der Waals surface area contributed by atoms with Crippen LogP contribution < -0.4 is 19.5 Å². The molecule has 182 valence electrons. The molecule has 1 aliphatic rings. The monoisotopic (exact) mass is 473 g/mol. The third-order valence-electron chi connectivity index (χ3n) is 4.94. The first-order valence-corrected chi connectivity index (χ1v) is 10.6. The van der Waals surface area contributed by atoms with Crippen LogP contribution in [0, 0.1) is 0 Å². The van der Waals surface area contributed by atoms with E-state index in [4.69, 9.17) is 33.9 Å². The standard InChI is InChI=1S/C24H27NO9/c1-30-20(4-2-3-5-22(27)28)23(16-6-9-18(10-7-16)31-13-12-26)34-24(29)25-17-8-11-19-21(14-17)33-15-32-19/h3,5-11,14,20,23,26H,2,4,12-13,15H2,1H3,(H,25,29)(H,27,28)/b5-3+/t20-,23-/m1/s1. The molecule has 2 atom stereocenters. The Morgan fingerprint density at radius 1 is 1.15 bits per heavy atom. The molecule has 0 aromatic heterocycles. The molecule has 0 aliphatic carbocycles. The fourth-order valence-electron chi connectivity index (χ4n) is 3.35. The number of aliphatic carboxylic acids is 1. The lowest BCUT2D eigenvalue weighted by atomic mass is 10.00. The summed E-state index contributed by atoms with van der Waals surface area (Å²) in [6.07, 6.45) is 1.35. The van der Waals surface area contributed by atoms with E-state index < -0.39 is 24.3 Å². The summed E-state index contributed by atoms with van der Waals surface area (Å²) in [4.78, 5) is 23.5. The molecule has 0 bridgehead atoms. The molecular formula is C24H27NO9. The number of hydrogen-bond acceptors (Lipinski definition) is 8. The quantitative estimate of drug-likeness (QED) is 0.396. The number of ether oxygens (including phenoxy) is 5. The molecule has 0 fully saturated rings. The fraction of sp³-hybridized carbons (Fsp3) is 0.333. The van der Waals surface area contributed by atoms with Crippen molar-refractivity contribution in [2.75, 3.05) is 32.4 Å². The SMILES string of the molecule is CO[C@H](CC/C=C/C(=O)O)[C@H](OC(=O)Nc1ccc2c(c1)OCO2)c1ccc(OCCO)cc1. The van der Waals surface area contributed by atoms with Crippen LogP contribution >= 0.6 is 0 Å². The summed E-state index contributed by atoms with van der Waals surface area (Å²) in [5.41, 5.74) is 1.13. The molecule has 1 heterocycles. The summed E-state index contributed by atoms with van der Waals surface area (Å²) >= 11 is 0. The number of carboxylic acid groups (broad SMARTS) is 1. The van der Waals surface area contributed by atoms with Crippen molar-refractivity contribution in [1.29, 1.82) is 0 Å². The number of aliphatic hydroxyl groups excluding tert-OH is 1. The number of methoxy groups -OCH3 is 1. The third kappa shape index (κ3) is 7.12. The minimum atomic E-state index is -1.04. The molecule has 10 heteroatoms. The van der Waals surface area contributed by atoms with Crippen molar-refractivity contribution in [2.24, 2.45) is 0 Å². The van der Waals surface area contributed by atoms with Crippen LogP contribution in [0.4, 0.5) is 10.5 Å². The van der Waals surface area contributed by atoms with Crippen LogP contribution in [0.2, 0.25) is 0 Å². The van der Waals surface area contributed by atoms with E-state index >= 15 is 0 Å². The third-order valence-corrected chi connectivity index (χ3v) is 4.94. The van der Waals surface area contributed by atoms with E-state index in [-0.39, 0.29) is 20.0 Å². The van der Waals surface area contributed by atoms with Gasteiger partial charge in [-0.1, -0.05) is 18.2 Å². The number of hydrogen-bond donors (Lipinski definition) is 3. The molecule has 10 nitrogen and oxygen atoms in total. The number of benzene rings is 2. The van der Waals surface area contributed by atoms with Gasteiger partial charge in [0.2, 0.25) is 6.79 Å². The molecule has 0 saturated carbocycles. The zero-order chi connectivity index (χ0) is 24.3. The van der Waals surface area contributed by atoms with Crippen molar-refractivity contribution in [1.82, 2.24) is 0 Å². The Kier molecular flexibility index (Phi) is 9.12. The van der Waals surface area contributed by atoms with Crippen LogP contribution in [0.25, 0.3) is 0 Å². The van der Waals surface area contributed by atoms with Crippen molar-refractivity contribution in [3.8, 4) is 17.2 Å². The molecule has 3 N–H and O–H groups in total. The molecular weight excluding hydrogens is 446 g/mol. The second-order valence-electron chi connectivity index (χ2n) is 7.25. The van der Waals surface area contributed by atoms with E-state index in [0.29, 0.717) is 41.3 Å². The number of carbonyl (C=O) groups is 2. The number of nitrogens with one attached hydrogen (secondary N) is 1. The van der Waals surface area contributed by atoms with Gasteiger partial charge in [-0.25, -0.2) is 9.59 Å². The number of fused-ring (bicyclic) bond motifs is 1. The number of carbonyl (C=O) groups excluding carboxylic acids is 1. The number of anilines is 1. The number of aliphatic hydroxyl groups is 1. The second kappa shape index (κ2) is 12.5. The zero-order valence-electron chi connectivity index (χ0n) is 18.6. The van der Waals surface area contributed by atoms with Crippen molar-refractivity contribution in [2.45, 2.75) is 25.0 Å². The Hall–Kier alpha value is -3.76. The predicted molar refractivity (Wildman–Crippen MR) is 121 cm³/mol. The number of amides is 1. The molecule has 0 spiro atoms. The molecule has 34 heavy (non-hydrogen) atoms. The Balaban J connectivity index is 1.74. The number of allylic oxidation sites excluding steroid dienone is 1. The minimum absolute atomic E-state index is 0.108. The highest BCUT2D eigenvalue weighted by molar-refractivity contribution is 5.85. The normalized spacial score (nSPS) is 13.9. The van der Waals surface area contributed by atoms with Crippen molar-refractivity contribution in [3.63, 3.8) is 0 Å². The van der Waals surface area contributed by atoms with Crippen molar-refractivity contribution < 1.29 is 43.5 Å². The molecule has 2 aromatic rings. The van der Waals surface area contributed by atoms with E-state index in [0.717, 1.165) is 6.08 Å². The average Bonchev–Trinajstić information content (AvgIpc) is 3.30. The largest absolute Gasteiger partial charge is 0.491 e. The van der Waals surface area contributed by atoms with Gasteiger partial charge >= 0.3 is 12.1 Å². The lowest BCUT2D eigenvalue weighted by molar-refractivity contribution is -0.131. The first-order valence-electron chi connectivity index (χ1n) is 10.6. The lowest BCUT2D eigenvalue weighted by Crippen LogP contribution is -2.28. The van der Waals surface area contributed by atoms with Gasteiger partial charge in [0.1, 0.15) is 12.4 Å². The molecule has 1 amide bonds. The molecule has 0 unspecified atom stereocenters. The summed E-state index contributed by atoms with van der Waals surface area (Å²) in [5, 5.41) is 20.4. The van der Waals surface area contributed by atoms with Gasteiger partial charge in [0.25, 0.3) is 0 Å². The fourth-order valence-corrected chi connectivity index (χ4v) is 3.35. The maximum atomic E-state index is 12.7. The Morgan fingerprint density at radius 2 is 1.91 bits per heavy atom. The van der Waals surface area contributed by atoms with Crippen LogP contribution in [-0.4, -0.2) is 55.5 Å². The molecule has 0 radical (unpaired) electrons. The van der Waals surface area contributed by atoms with Crippen LogP contribution in [-0.2, 0) is 14.3 Å². The Bertz CT molecular complexity index is 990. The topological polar surface area (TPSA) is 133 Å². The highest BCUT2D eigenvalue weighted by Gasteiger charge is 2.27. The van der Waals surface area contributed by atoms with Crippen LogP contribution in [0.3, 0.4) is 0 Å². The second-order valence-corrected chi connectivity index (χ2v) is 7.25. The van der Waals surface area contributed by atoms with Gasteiger partial charge in [-0.05, 0) is 42.7 Å². The van der Waals surface area contributed by atoms with Crippen LogP contribution in [0.15, 0.2) is 54.6 Å². The van der Waals surface area contributed by atoms with Gasteiger partial charge < -0.3 is 33.9 Å². The lowest BCUT2D eigenvalue weighted by Gasteiger charge is -2.26. The van der Waals surface area contributed by atoms with Gasteiger partial charge in [-0.3, -0.25) is 5.32 Å². The highest BCUT2D eigenvalue weighted by Crippen LogP contribution is 2.34. The Labute approximate surface area is 196 Å². The van der Waals surface area contributed by atoms with Gasteiger partial charge in [0.05, 0.1) is 12.7 Å². The maximum absolute atomic E-state index is 12.7. The average molecular weight is 473 g/mol. The summed E-state index contributed by atoms with van der Waals surface area (Å²) in [6.45, 7) is 0.173. The van der Waals surface area contributed by atoms with Gasteiger partial charge in [0, 0.05) is 24.9 Å². The molecule has 1 aliphatic heterocycles. The van der Waals surface area contributed by atoms with Gasteiger partial charge in [-0.2, -0.15) is 0 Å². The van der Waals surface area contributed by atoms with E-state index in [1.54, 1.807) is 42.5 Å². The highest BCUT2D eigenvalue weighted by atomic mass is 16.7. The van der Waals surface area contributed by atoms with Crippen molar-refractivity contribution in [3.05, 3.63) is 60.2 Å². The van der Waals surface area contributed by atoms with E-state index in [9.17, 15) is 9.59 Å². The predicted octanol–water partition coefficient (Wildman–Crippen LogP) is 3.51. The summed E-state index contributed by atoms with van der Waals surface area (Å²) < 4.78 is 27.3. The minimum Gasteiger partial charge on any atom is -0.491 e. The maximum Gasteiger partial charge on any atom is 0.412 e. The smallest absolute Gasteiger partial charge is 0.412 e. The first-order chi connectivity index (χ1) is 16.5. The van der Waals surface area contributed by atoms with E-state index in [1.807, 2.05) is 0 Å². The van der Waals surface area contributed by atoms with E-state index in [2.05, 4.69) is 5.32 Å². The van der Waals surface area contributed by atoms with Crippen molar-refractivity contribution >= 4 is 17.7 Å². The summed E-state index contributed by atoms with van der Waals surface area (Å²) in [7, 11) is 1.50. The van der Waals surface area contributed by atoms with E-state index in [1.165, 1.54) is 13.2 Å². The van der Waals surface area contributed by atoms with Gasteiger partial charge in [0.15, 0.2) is 17.6 Å². The number of rotatable bonds is 12. The first kappa shape index (κ1) is 24.9. The van der Waals surface area contributed by atoms with Crippen LogP contribution in [0.1, 0.15) is 24.5 Å². The van der Waals surface area contributed by atoms with Crippen LogP contribution in [0.5, 0.6) is 17.2 Å². The summed E-state index contributed by atoms with van der Waals surface area (Å²) in [6, 6.07) is 11.9. The molecule has 3 rings (SSSR count). The Morgan fingerprint density at radius 3 is 2.62 bits per heavy atom. The molecule has 0 saturated heterocycles. The number of carboxylic acids is 1. The zero-order valence-corrected chi connectivity index (χ0v) is 18.6.